The molecule has 0 saturated carbocycles. The van der Waals surface area contributed by atoms with Gasteiger partial charge in [0.25, 0.3) is 5.91 Å². The van der Waals surface area contributed by atoms with E-state index >= 15 is 0 Å². The molecule has 2 heterocycles. The third-order valence-corrected chi connectivity index (χ3v) is 3.68. The summed E-state index contributed by atoms with van der Waals surface area (Å²) in [5.41, 5.74) is 0.380. The van der Waals surface area contributed by atoms with Gasteiger partial charge in [0.1, 0.15) is 5.69 Å². The van der Waals surface area contributed by atoms with Crippen LogP contribution < -0.4 is 0 Å². The fourth-order valence-corrected chi connectivity index (χ4v) is 2.91. The number of amides is 1. The highest BCUT2D eigenvalue weighted by atomic mass is 16.5. The van der Waals surface area contributed by atoms with Gasteiger partial charge in [-0.3, -0.25) is 4.79 Å². The molecule has 1 aromatic rings. The maximum Gasteiger partial charge on any atom is 0.270 e. The highest BCUT2D eigenvalue weighted by Crippen LogP contribution is 2.23. The standard InChI is InChI=1S/C16H26N2O3/c1-12(2)18-8-6-7-14(18)15(19)17-9-13(10-20-5)21-16(3,4)11-17/h6-8,12-13H,9-11H2,1-5H3/t13-/m1/s1. The summed E-state index contributed by atoms with van der Waals surface area (Å²) in [5.74, 6) is 0.0613. The highest BCUT2D eigenvalue weighted by Gasteiger charge is 2.36. The van der Waals surface area contributed by atoms with Crippen LogP contribution in [0, 0.1) is 0 Å². The van der Waals surface area contributed by atoms with E-state index in [2.05, 4.69) is 13.8 Å². The van der Waals surface area contributed by atoms with E-state index < -0.39 is 0 Å². The summed E-state index contributed by atoms with van der Waals surface area (Å²) in [6.07, 6.45) is 1.88. The van der Waals surface area contributed by atoms with Crippen molar-refractivity contribution in [2.75, 3.05) is 26.8 Å². The van der Waals surface area contributed by atoms with Crippen molar-refractivity contribution in [3.05, 3.63) is 24.0 Å². The number of ether oxygens (including phenoxy) is 2. The van der Waals surface area contributed by atoms with Crippen LogP contribution in [-0.2, 0) is 9.47 Å². The maximum atomic E-state index is 12.8. The van der Waals surface area contributed by atoms with E-state index in [4.69, 9.17) is 9.47 Å². The van der Waals surface area contributed by atoms with Gasteiger partial charge in [-0.25, -0.2) is 0 Å². The number of methoxy groups -OCH3 is 1. The van der Waals surface area contributed by atoms with Gasteiger partial charge in [-0.05, 0) is 39.8 Å². The lowest BCUT2D eigenvalue weighted by Crippen LogP contribution is -2.55. The van der Waals surface area contributed by atoms with Crippen LogP contribution in [0.2, 0.25) is 0 Å². The molecule has 2 rings (SSSR count). The summed E-state index contributed by atoms with van der Waals surface area (Å²) in [6.45, 7) is 9.84. The molecule has 0 radical (unpaired) electrons. The lowest BCUT2D eigenvalue weighted by molar-refractivity contribution is -0.143. The quantitative estimate of drug-likeness (QED) is 0.856. The normalized spacial score (nSPS) is 21.8. The lowest BCUT2D eigenvalue weighted by Gasteiger charge is -2.42. The molecule has 0 N–H and O–H groups in total. The summed E-state index contributed by atoms with van der Waals surface area (Å²) in [5, 5.41) is 0. The molecular formula is C16H26N2O3. The Bertz CT molecular complexity index is 493. The summed E-state index contributed by atoms with van der Waals surface area (Å²) >= 11 is 0. The molecule has 1 saturated heterocycles. The van der Waals surface area contributed by atoms with Crippen LogP contribution in [0.1, 0.15) is 44.2 Å². The van der Waals surface area contributed by atoms with Crippen LogP contribution >= 0.6 is 0 Å². The first-order chi connectivity index (χ1) is 9.84. The molecule has 1 atom stereocenters. The molecular weight excluding hydrogens is 268 g/mol. The number of rotatable bonds is 4. The van der Waals surface area contributed by atoms with Gasteiger partial charge in [0.05, 0.1) is 18.3 Å². The van der Waals surface area contributed by atoms with Crippen molar-refractivity contribution in [3.8, 4) is 0 Å². The fraction of sp³-hybridized carbons (Fsp3) is 0.688. The van der Waals surface area contributed by atoms with Gasteiger partial charge in [0, 0.05) is 32.4 Å². The van der Waals surface area contributed by atoms with Crippen molar-refractivity contribution in [2.45, 2.75) is 45.4 Å². The second kappa shape index (κ2) is 6.20. The minimum Gasteiger partial charge on any atom is -0.382 e. The predicted octanol–water partition coefficient (Wildman–Crippen LogP) is 2.33. The Balaban J connectivity index is 2.19. The number of aromatic nitrogens is 1. The molecule has 0 aliphatic carbocycles. The molecule has 1 amide bonds. The first-order valence-electron chi connectivity index (χ1n) is 7.47. The van der Waals surface area contributed by atoms with Crippen LogP contribution in [0.25, 0.3) is 0 Å². The first kappa shape index (κ1) is 16.0. The summed E-state index contributed by atoms with van der Waals surface area (Å²) in [6, 6.07) is 4.07. The van der Waals surface area contributed by atoms with Crippen LogP contribution in [0.5, 0.6) is 0 Å². The Labute approximate surface area is 126 Å². The average molecular weight is 294 g/mol. The molecule has 118 valence electrons. The number of carbonyl (C=O) groups is 1. The van der Waals surface area contributed by atoms with Crippen LogP contribution in [0.15, 0.2) is 18.3 Å². The average Bonchev–Trinajstić information content (AvgIpc) is 2.85. The van der Waals surface area contributed by atoms with Crippen molar-refractivity contribution in [1.82, 2.24) is 9.47 Å². The minimum absolute atomic E-state index is 0.0613. The SMILES string of the molecule is COC[C@H]1CN(C(=O)c2cccn2C(C)C)CC(C)(C)O1. The van der Waals surface area contributed by atoms with Gasteiger partial charge in [0.15, 0.2) is 0 Å². The summed E-state index contributed by atoms with van der Waals surface area (Å²) in [7, 11) is 1.65. The van der Waals surface area contributed by atoms with E-state index in [0.717, 1.165) is 5.69 Å². The van der Waals surface area contributed by atoms with Crippen molar-refractivity contribution < 1.29 is 14.3 Å². The van der Waals surface area contributed by atoms with Gasteiger partial charge in [-0.2, -0.15) is 0 Å². The van der Waals surface area contributed by atoms with Gasteiger partial charge in [0.2, 0.25) is 0 Å². The number of carbonyl (C=O) groups excluding carboxylic acids is 1. The second-order valence-corrected chi connectivity index (χ2v) is 6.54. The third kappa shape index (κ3) is 3.66. The zero-order valence-corrected chi connectivity index (χ0v) is 13.6. The number of hydrogen-bond donors (Lipinski definition) is 0. The molecule has 21 heavy (non-hydrogen) atoms. The summed E-state index contributed by atoms with van der Waals surface area (Å²) < 4.78 is 13.2. The molecule has 0 unspecified atom stereocenters. The largest absolute Gasteiger partial charge is 0.382 e. The maximum absolute atomic E-state index is 12.8. The van der Waals surface area contributed by atoms with Gasteiger partial charge in [-0.15, -0.1) is 0 Å². The van der Waals surface area contributed by atoms with E-state index in [1.807, 2.05) is 41.6 Å². The zero-order valence-electron chi connectivity index (χ0n) is 13.6. The number of morpholine rings is 1. The fourth-order valence-electron chi connectivity index (χ4n) is 2.91. The third-order valence-electron chi connectivity index (χ3n) is 3.68. The zero-order chi connectivity index (χ0) is 15.6. The van der Waals surface area contributed by atoms with Gasteiger partial charge < -0.3 is 18.9 Å². The van der Waals surface area contributed by atoms with E-state index in [1.165, 1.54) is 0 Å². The first-order valence-corrected chi connectivity index (χ1v) is 7.47. The van der Waals surface area contributed by atoms with Crippen LogP contribution in [0.4, 0.5) is 0 Å². The Morgan fingerprint density at radius 2 is 2.24 bits per heavy atom. The molecule has 0 spiro atoms. The van der Waals surface area contributed by atoms with Crippen molar-refractivity contribution >= 4 is 5.91 Å². The lowest BCUT2D eigenvalue weighted by atomic mass is 10.0. The molecule has 1 aliphatic rings. The smallest absolute Gasteiger partial charge is 0.270 e. The van der Waals surface area contributed by atoms with Gasteiger partial charge in [-0.1, -0.05) is 0 Å². The van der Waals surface area contributed by atoms with Crippen molar-refractivity contribution in [3.63, 3.8) is 0 Å². The van der Waals surface area contributed by atoms with E-state index in [1.54, 1.807) is 7.11 Å². The molecule has 1 aromatic heterocycles. The minimum atomic E-state index is -0.355. The molecule has 5 heteroatoms. The van der Waals surface area contributed by atoms with Crippen molar-refractivity contribution in [1.29, 1.82) is 0 Å². The topological polar surface area (TPSA) is 43.7 Å². The summed E-state index contributed by atoms with van der Waals surface area (Å²) in [4.78, 5) is 14.7. The monoisotopic (exact) mass is 294 g/mol. The molecule has 0 bridgehead atoms. The van der Waals surface area contributed by atoms with Crippen molar-refractivity contribution in [2.24, 2.45) is 0 Å². The Hall–Kier alpha value is -1.33. The highest BCUT2D eigenvalue weighted by molar-refractivity contribution is 5.93. The Kier molecular flexibility index (Phi) is 4.74. The molecule has 1 fully saturated rings. The number of nitrogens with zero attached hydrogens (tertiary/aromatic N) is 2. The predicted molar refractivity (Wildman–Crippen MR) is 81.5 cm³/mol. The number of hydrogen-bond acceptors (Lipinski definition) is 3. The van der Waals surface area contributed by atoms with E-state index in [-0.39, 0.29) is 23.7 Å². The van der Waals surface area contributed by atoms with Crippen LogP contribution in [-0.4, -0.2) is 53.9 Å². The Morgan fingerprint density at radius 3 is 2.86 bits per heavy atom. The molecule has 5 nitrogen and oxygen atoms in total. The Morgan fingerprint density at radius 1 is 1.52 bits per heavy atom. The van der Waals surface area contributed by atoms with E-state index in [9.17, 15) is 4.79 Å². The molecule has 0 aromatic carbocycles. The second-order valence-electron chi connectivity index (χ2n) is 6.54. The van der Waals surface area contributed by atoms with Gasteiger partial charge >= 0.3 is 0 Å². The molecule has 1 aliphatic heterocycles. The van der Waals surface area contributed by atoms with Crippen LogP contribution in [0.3, 0.4) is 0 Å². The van der Waals surface area contributed by atoms with E-state index in [0.29, 0.717) is 19.7 Å².